The first-order valence-corrected chi connectivity index (χ1v) is 4.80. The smallest absolute Gasteiger partial charge is 0.222 e. The first-order valence-electron chi connectivity index (χ1n) is 4.80. The first-order chi connectivity index (χ1) is 6.17. The Bertz CT molecular complexity index is 184. The maximum absolute atomic E-state index is 11.4. The van der Waals surface area contributed by atoms with E-state index in [1.54, 1.807) is 0 Å². The monoisotopic (exact) mass is 186 g/mol. The zero-order chi connectivity index (χ0) is 9.84. The number of rotatable bonds is 2. The van der Waals surface area contributed by atoms with Crippen LogP contribution in [-0.4, -0.2) is 42.6 Å². The third-order valence-corrected chi connectivity index (χ3v) is 2.24. The summed E-state index contributed by atoms with van der Waals surface area (Å²) in [5.41, 5.74) is 5.51. The largest absolute Gasteiger partial charge is 0.370 e. The molecule has 2 atom stereocenters. The molecule has 0 spiro atoms. The van der Waals surface area contributed by atoms with Gasteiger partial charge in [0.15, 0.2) is 0 Å². The summed E-state index contributed by atoms with van der Waals surface area (Å²) in [6.07, 6.45) is 0.682. The number of hydrogen-bond donors (Lipinski definition) is 1. The Hall–Kier alpha value is -0.610. The van der Waals surface area contributed by atoms with E-state index in [2.05, 4.69) is 0 Å². The fourth-order valence-corrected chi connectivity index (χ4v) is 1.60. The molecule has 4 heteroatoms. The zero-order valence-electron chi connectivity index (χ0n) is 8.32. The number of nitrogens with two attached hydrogens (primary N) is 1. The summed E-state index contributed by atoms with van der Waals surface area (Å²) in [5.74, 6) is 0.189. The third kappa shape index (κ3) is 2.67. The first kappa shape index (κ1) is 10.5. The van der Waals surface area contributed by atoms with Gasteiger partial charge >= 0.3 is 0 Å². The highest BCUT2D eigenvalue weighted by atomic mass is 16.5. The standard InChI is InChI=1S/C9H18N2O2/c1-3-9(12)11-5-7(2)13-8(4-10)6-11/h7-8H,3-6,10H2,1-2H3. The maximum atomic E-state index is 11.4. The number of ether oxygens (including phenoxy) is 1. The molecule has 1 aliphatic heterocycles. The van der Waals surface area contributed by atoms with E-state index in [-0.39, 0.29) is 18.1 Å². The summed E-state index contributed by atoms with van der Waals surface area (Å²) in [7, 11) is 0. The van der Waals surface area contributed by atoms with Gasteiger partial charge in [0.2, 0.25) is 5.91 Å². The van der Waals surface area contributed by atoms with Gasteiger partial charge in [0.1, 0.15) is 0 Å². The number of hydrogen-bond acceptors (Lipinski definition) is 3. The average Bonchev–Trinajstić information content (AvgIpc) is 2.15. The minimum Gasteiger partial charge on any atom is -0.370 e. The molecule has 0 bridgehead atoms. The lowest BCUT2D eigenvalue weighted by Crippen LogP contribution is -2.51. The molecule has 0 radical (unpaired) electrons. The van der Waals surface area contributed by atoms with Crippen LogP contribution >= 0.6 is 0 Å². The molecule has 0 aromatic heterocycles. The summed E-state index contributed by atoms with van der Waals surface area (Å²) in [6.45, 7) is 5.67. The number of amides is 1. The minimum atomic E-state index is 0.0132. The van der Waals surface area contributed by atoms with Crippen molar-refractivity contribution in [2.24, 2.45) is 5.73 Å². The van der Waals surface area contributed by atoms with E-state index in [0.717, 1.165) is 0 Å². The van der Waals surface area contributed by atoms with Gasteiger partial charge in [-0.25, -0.2) is 0 Å². The van der Waals surface area contributed by atoms with Crippen molar-refractivity contribution in [3.8, 4) is 0 Å². The van der Waals surface area contributed by atoms with Crippen molar-refractivity contribution < 1.29 is 9.53 Å². The lowest BCUT2D eigenvalue weighted by atomic mass is 10.2. The molecule has 1 fully saturated rings. The number of carbonyl (C=O) groups is 1. The molecule has 0 aliphatic carbocycles. The molecule has 1 rings (SSSR count). The molecule has 1 saturated heterocycles. The van der Waals surface area contributed by atoms with Crippen molar-refractivity contribution in [2.45, 2.75) is 32.5 Å². The molecule has 1 heterocycles. The fourth-order valence-electron chi connectivity index (χ4n) is 1.60. The minimum absolute atomic E-state index is 0.0132. The van der Waals surface area contributed by atoms with Crippen LogP contribution in [0.25, 0.3) is 0 Å². The molecule has 2 unspecified atom stereocenters. The number of morpholine rings is 1. The lowest BCUT2D eigenvalue weighted by Gasteiger charge is -2.36. The van der Waals surface area contributed by atoms with Gasteiger partial charge in [0.05, 0.1) is 12.2 Å². The molecule has 76 valence electrons. The zero-order valence-corrected chi connectivity index (χ0v) is 8.32. The summed E-state index contributed by atoms with van der Waals surface area (Å²) in [6, 6.07) is 0. The molecular weight excluding hydrogens is 168 g/mol. The Morgan fingerprint density at radius 1 is 1.62 bits per heavy atom. The molecule has 0 aromatic rings. The van der Waals surface area contributed by atoms with Crippen LogP contribution in [-0.2, 0) is 9.53 Å². The Labute approximate surface area is 79.0 Å². The van der Waals surface area contributed by atoms with E-state index in [1.807, 2.05) is 18.7 Å². The van der Waals surface area contributed by atoms with Gasteiger partial charge in [0.25, 0.3) is 0 Å². The maximum Gasteiger partial charge on any atom is 0.222 e. The molecule has 0 saturated carbocycles. The van der Waals surface area contributed by atoms with E-state index >= 15 is 0 Å². The van der Waals surface area contributed by atoms with Crippen LogP contribution in [0.1, 0.15) is 20.3 Å². The highest BCUT2D eigenvalue weighted by Gasteiger charge is 2.26. The van der Waals surface area contributed by atoms with Gasteiger partial charge in [-0.1, -0.05) is 6.92 Å². The van der Waals surface area contributed by atoms with Crippen molar-refractivity contribution in [3.05, 3.63) is 0 Å². The number of nitrogens with zero attached hydrogens (tertiary/aromatic N) is 1. The average molecular weight is 186 g/mol. The molecule has 2 N–H and O–H groups in total. The Kier molecular flexibility index (Phi) is 3.69. The lowest BCUT2D eigenvalue weighted by molar-refractivity contribution is -0.143. The van der Waals surface area contributed by atoms with Crippen molar-refractivity contribution >= 4 is 5.91 Å². The van der Waals surface area contributed by atoms with Gasteiger partial charge in [0, 0.05) is 26.1 Å². The van der Waals surface area contributed by atoms with E-state index < -0.39 is 0 Å². The van der Waals surface area contributed by atoms with E-state index in [9.17, 15) is 4.79 Å². The second-order valence-corrected chi connectivity index (χ2v) is 3.46. The van der Waals surface area contributed by atoms with Crippen LogP contribution in [0.2, 0.25) is 0 Å². The van der Waals surface area contributed by atoms with Crippen molar-refractivity contribution in [1.29, 1.82) is 0 Å². The summed E-state index contributed by atoms with van der Waals surface area (Å²) < 4.78 is 5.54. The van der Waals surface area contributed by atoms with E-state index in [1.165, 1.54) is 0 Å². The second-order valence-electron chi connectivity index (χ2n) is 3.46. The van der Waals surface area contributed by atoms with Gasteiger partial charge in [-0.3, -0.25) is 4.79 Å². The molecule has 1 amide bonds. The van der Waals surface area contributed by atoms with Gasteiger partial charge in [-0.05, 0) is 6.92 Å². The van der Waals surface area contributed by atoms with Crippen molar-refractivity contribution in [1.82, 2.24) is 4.90 Å². The van der Waals surface area contributed by atoms with Gasteiger partial charge in [-0.2, -0.15) is 0 Å². The van der Waals surface area contributed by atoms with Crippen molar-refractivity contribution in [3.63, 3.8) is 0 Å². The van der Waals surface area contributed by atoms with Gasteiger partial charge in [-0.15, -0.1) is 0 Å². The topological polar surface area (TPSA) is 55.6 Å². The molecule has 13 heavy (non-hydrogen) atoms. The summed E-state index contributed by atoms with van der Waals surface area (Å²) >= 11 is 0. The second kappa shape index (κ2) is 4.58. The molecule has 0 aromatic carbocycles. The quantitative estimate of drug-likeness (QED) is 0.659. The predicted molar refractivity (Wildman–Crippen MR) is 50.3 cm³/mol. The Morgan fingerprint density at radius 2 is 2.31 bits per heavy atom. The van der Waals surface area contributed by atoms with Crippen LogP contribution < -0.4 is 5.73 Å². The van der Waals surface area contributed by atoms with Crippen LogP contribution in [0.15, 0.2) is 0 Å². The highest BCUT2D eigenvalue weighted by molar-refractivity contribution is 5.75. The van der Waals surface area contributed by atoms with Crippen LogP contribution in [0.5, 0.6) is 0 Å². The van der Waals surface area contributed by atoms with Crippen molar-refractivity contribution in [2.75, 3.05) is 19.6 Å². The van der Waals surface area contributed by atoms with Crippen LogP contribution in [0, 0.1) is 0 Å². The number of carbonyl (C=O) groups excluding carboxylic acids is 1. The van der Waals surface area contributed by atoms with E-state index in [0.29, 0.717) is 26.1 Å². The summed E-state index contributed by atoms with van der Waals surface area (Å²) in [5, 5.41) is 0. The SMILES string of the molecule is CCC(=O)N1CC(C)OC(CN)C1. The van der Waals surface area contributed by atoms with Gasteiger partial charge < -0.3 is 15.4 Å². The molecular formula is C9H18N2O2. The fraction of sp³-hybridized carbons (Fsp3) is 0.889. The Morgan fingerprint density at radius 3 is 2.85 bits per heavy atom. The Balaban J connectivity index is 2.51. The van der Waals surface area contributed by atoms with Crippen LogP contribution in [0.4, 0.5) is 0 Å². The third-order valence-electron chi connectivity index (χ3n) is 2.24. The predicted octanol–water partition coefficient (Wildman–Crippen LogP) is -0.0290. The van der Waals surface area contributed by atoms with E-state index in [4.69, 9.17) is 10.5 Å². The van der Waals surface area contributed by atoms with Crippen LogP contribution in [0.3, 0.4) is 0 Å². The summed E-state index contributed by atoms with van der Waals surface area (Å²) in [4.78, 5) is 13.2. The normalized spacial score (nSPS) is 29.0. The molecule has 1 aliphatic rings. The molecule has 4 nitrogen and oxygen atoms in total. The highest BCUT2D eigenvalue weighted by Crippen LogP contribution is 2.11.